The summed E-state index contributed by atoms with van der Waals surface area (Å²) in [6.45, 7) is 8.12. The first-order valence-electron chi connectivity index (χ1n) is 5.90. The minimum atomic E-state index is -0.616. The predicted molar refractivity (Wildman–Crippen MR) is 74.8 cm³/mol. The van der Waals surface area contributed by atoms with Crippen molar-refractivity contribution in [3.8, 4) is 17.6 Å². The fourth-order valence-electron chi connectivity index (χ4n) is 1.39. The monoisotopic (exact) mass is 266 g/mol. The Morgan fingerprint density at radius 3 is 2.61 bits per heavy atom. The largest absolute Gasteiger partial charge is 0.481 e. The Labute approximate surface area is 114 Å². The SMILES string of the molecule is CC(O)c1cc(Cl)ccc1OCC#CC(C)(C)C. The van der Waals surface area contributed by atoms with E-state index in [4.69, 9.17) is 16.3 Å². The van der Waals surface area contributed by atoms with Gasteiger partial charge in [0.05, 0.1) is 6.10 Å². The maximum atomic E-state index is 9.64. The summed E-state index contributed by atoms with van der Waals surface area (Å²) in [4.78, 5) is 0. The van der Waals surface area contributed by atoms with Crippen LogP contribution >= 0.6 is 11.6 Å². The zero-order valence-electron chi connectivity index (χ0n) is 11.2. The molecule has 0 fully saturated rings. The van der Waals surface area contributed by atoms with Crippen molar-refractivity contribution < 1.29 is 9.84 Å². The van der Waals surface area contributed by atoms with Gasteiger partial charge in [0, 0.05) is 16.0 Å². The highest BCUT2D eigenvalue weighted by atomic mass is 35.5. The molecule has 0 heterocycles. The van der Waals surface area contributed by atoms with Crippen molar-refractivity contribution in [3.63, 3.8) is 0 Å². The van der Waals surface area contributed by atoms with Crippen molar-refractivity contribution in [3.05, 3.63) is 28.8 Å². The van der Waals surface area contributed by atoms with Crippen molar-refractivity contribution in [2.24, 2.45) is 5.41 Å². The average molecular weight is 267 g/mol. The third-order valence-corrected chi connectivity index (χ3v) is 2.42. The van der Waals surface area contributed by atoms with Gasteiger partial charge in [0.25, 0.3) is 0 Å². The van der Waals surface area contributed by atoms with Gasteiger partial charge in [-0.05, 0) is 45.9 Å². The topological polar surface area (TPSA) is 29.5 Å². The number of hydrogen-bond donors (Lipinski definition) is 1. The summed E-state index contributed by atoms with van der Waals surface area (Å²) in [6.07, 6.45) is -0.616. The number of aliphatic hydroxyl groups is 1. The number of benzene rings is 1. The average Bonchev–Trinajstić information content (AvgIpc) is 2.24. The summed E-state index contributed by atoms with van der Waals surface area (Å²) in [5.41, 5.74) is 0.649. The second-order valence-electron chi connectivity index (χ2n) is 5.20. The first-order valence-corrected chi connectivity index (χ1v) is 6.28. The molecule has 2 nitrogen and oxygen atoms in total. The maximum Gasteiger partial charge on any atom is 0.149 e. The van der Waals surface area contributed by atoms with Gasteiger partial charge in [0.1, 0.15) is 12.4 Å². The predicted octanol–water partition coefficient (Wildman–Crippen LogP) is 3.82. The molecule has 0 spiro atoms. The zero-order valence-corrected chi connectivity index (χ0v) is 12.0. The Kier molecular flexibility index (Phi) is 5.07. The van der Waals surface area contributed by atoms with Crippen molar-refractivity contribution in [1.82, 2.24) is 0 Å². The lowest BCUT2D eigenvalue weighted by atomic mass is 9.98. The standard InChI is InChI=1S/C15H19ClO2/c1-11(17)13-10-12(16)6-7-14(13)18-9-5-8-15(2,3)4/h6-7,10-11,17H,9H2,1-4H3. The van der Waals surface area contributed by atoms with Crippen molar-refractivity contribution >= 4 is 11.6 Å². The molecule has 0 saturated heterocycles. The highest BCUT2D eigenvalue weighted by molar-refractivity contribution is 6.30. The van der Waals surface area contributed by atoms with Crippen LogP contribution in [0.25, 0.3) is 0 Å². The minimum Gasteiger partial charge on any atom is -0.481 e. The summed E-state index contributed by atoms with van der Waals surface area (Å²) >= 11 is 5.89. The van der Waals surface area contributed by atoms with Crippen LogP contribution < -0.4 is 4.74 Å². The fourth-order valence-corrected chi connectivity index (χ4v) is 1.57. The van der Waals surface area contributed by atoms with Gasteiger partial charge in [-0.1, -0.05) is 23.4 Å². The van der Waals surface area contributed by atoms with E-state index in [2.05, 4.69) is 11.8 Å². The second kappa shape index (κ2) is 6.13. The highest BCUT2D eigenvalue weighted by Crippen LogP contribution is 2.28. The van der Waals surface area contributed by atoms with Gasteiger partial charge in [0.2, 0.25) is 0 Å². The Hall–Kier alpha value is -1.17. The summed E-state index contributed by atoms with van der Waals surface area (Å²) < 4.78 is 5.56. The van der Waals surface area contributed by atoms with Gasteiger partial charge in [-0.3, -0.25) is 0 Å². The second-order valence-corrected chi connectivity index (χ2v) is 5.64. The summed E-state index contributed by atoms with van der Waals surface area (Å²) in [7, 11) is 0. The van der Waals surface area contributed by atoms with Crippen LogP contribution in [-0.2, 0) is 0 Å². The van der Waals surface area contributed by atoms with E-state index < -0.39 is 6.10 Å². The van der Waals surface area contributed by atoms with E-state index in [0.717, 1.165) is 0 Å². The molecule has 98 valence electrons. The van der Waals surface area contributed by atoms with Gasteiger partial charge < -0.3 is 9.84 Å². The van der Waals surface area contributed by atoms with E-state index in [-0.39, 0.29) is 5.41 Å². The molecule has 1 aromatic carbocycles. The molecule has 3 heteroatoms. The minimum absolute atomic E-state index is 0.0313. The van der Waals surface area contributed by atoms with E-state index in [1.165, 1.54) is 0 Å². The molecule has 1 N–H and O–H groups in total. The molecular formula is C15H19ClO2. The normalized spacial score (nSPS) is 12.6. The molecule has 1 atom stereocenters. The van der Waals surface area contributed by atoms with Crippen LogP contribution in [0.3, 0.4) is 0 Å². The van der Waals surface area contributed by atoms with Crippen LogP contribution in [-0.4, -0.2) is 11.7 Å². The quantitative estimate of drug-likeness (QED) is 0.843. The van der Waals surface area contributed by atoms with Crippen LogP contribution in [0.1, 0.15) is 39.4 Å². The molecule has 0 radical (unpaired) electrons. The molecule has 0 bridgehead atoms. The van der Waals surface area contributed by atoms with E-state index in [0.29, 0.717) is 22.9 Å². The molecule has 0 saturated carbocycles. The molecular weight excluding hydrogens is 248 g/mol. The zero-order chi connectivity index (χ0) is 13.8. The molecule has 0 aliphatic rings. The van der Waals surface area contributed by atoms with Gasteiger partial charge in [-0.25, -0.2) is 0 Å². The summed E-state index contributed by atoms with van der Waals surface area (Å²) in [5, 5.41) is 10.2. The van der Waals surface area contributed by atoms with Crippen molar-refractivity contribution in [1.29, 1.82) is 0 Å². The molecule has 0 aliphatic heterocycles. The van der Waals surface area contributed by atoms with Crippen molar-refractivity contribution in [2.75, 3.05) is 6.61 Å². The number of hydrogen-bond acceptors (Lipinski definition) is 2. The Morgan fingerprint density at radius 2 is 2.06 bits per heavy atom. The summed E-state index contributed by atoms with van der Waals surface area (Å²) in [6, 6.07) is 5.20. The van der Waals surface area contributed by atoms with Gasteiger partial charge in [-0.15, -0.1) is 0 Å². The molecule has 1 unspecified atom stereocenters. The van der Waals surface area contributed by atoms with E-state index >= 15 is 0 Å². The van der Waals surface area contributed by atoms with Crippen LogP contribution in [0.15, 0.2) is 18.2 Å². The van der Waals surface area contributed by atoms with E-state index in [1.54, 1.807) is 25.1 Å². The molecule has 0 aliphatic carbocycles. The van der Waals surface area contributed by atoms with E-state index in [9.17, 15) is 5.11 Å². The molecule has 1 rings (SSSR count). The van der Waals surface area contributed by atoms with Gasteiger partial charge in [0.15, 0.2) is 0 Å². The Morgan fingerprint density at radius 1 is 1.39 bits per heavy atom. The van der Waals surface area contributed by atoms with Crippen LogP contribution in [0.2, 0.25) is 5.02 Å². The van der Waals surface area contributed by atoms with Crippen LogP contribution in [0.4, 0.5) is 0 Å². The lowest BCUT2D eigenvalue weighted by molar-refractivity contribution is 0.193. The first-order chi connectivity index (χ1) is 8.29. The third kappa shape index (κ3) is 5.00. The van der Waals surface area contributed by atoms with Crippen LogP contribution in [0, 0.1) is 17.3 Å². The molecule has 18 heavy (non-hydrogen) atoms. The number of aliphatic hydroxyl groups excluding tert-OH is 1. The number of ether oxygens (including phenoxy) is 1. The molecule has 1 aromatic rings. The lowest BCUT2D eigenvalue weighted by Gasteiger charge is -2.12. The van der Waals surface area contributed by atoms with Crippen molar-refractivity contribution in [2.45, 2.75) is 33.8 Å². The smallest absolute Gasteiger partial charge is 0.149 e. The Bertz CT molecular complexity index is 462. The maximum absolute atomic E-state index is 9.64. The molecule has 0 aromatic heterocycles. The number of rotatable bonds is 3. The first kappa shape index (κ1) is 14.9. The third-order valence-electron chi connectivity index (χ3n) is 2.19. The Balaban J connectivity index is 2.75. The summed E-state index contributed by atoms with van der Waals surface area (Å²) in [5.74, 6) is 6.68. The van der Waals surface area contributed by atoms with Crippen LogP contribution in [0.5, 0.6) is 5.75 Å². The van der Waals surface area contributed by atoms with Gasteiger partial charge >= 0.3 is 0 Å². The van der Waals surface area contributed by atoms with E-state index in [1.807, 2.05) is 20.8 Å². The molecule has 0 amide bonds. The van der Waals surface area contributed by atoms with Gasteiger partial charge in [-0.2, -0.15) is 0 Å². The highest BCUT2D eigenvalue weighted by Gasteiger charge is 2.09. The lowest BCUT2D eigenvalue weighted by Crippen LogP contribution is -2.03. The fraction of sp³-hybridized carbons (Fsp3) is 0.467. The number of halogens is 1.